The molecule has 0 radical (unpaired) electrons. The Bertz CT molecular complexity index is 686. The maximum Gasteiger partial charge on any atom is 0.161 e. The number of aliphatic hydroxyl groups excluding tert-OH is 1. The molecule has 0 fully saturated rings. The average Bonchev–Trinajstić information content (AvgIpc) is 3.09. The van der Waals surface area contributed by atoms with E-state index in [9.17, 15) is 5.11 Å². The second kappa shape index (κ2) is 11.3. The summed E-state index contributed by atoms with van der Waals surface area (Å²) in [7, 11) is 1.63. The van der Waals surface area contributed by atoms with Gasteiger partial charge < -0.3 is 24.8 Å². The highest BCUT2D eigenvalue weighted by Gasteiger charge is 2.12. The van der Waals surface area contributed by atoms with Gasteiger partial charge in [-0.25, -0.2) is 0 Å². The van der Waals surface area contributed by atoms with Crippen molar-refractivity contribution in [1.29, 1.82) is 0 Å². The van der Waals surface area contributed by atoms with Gasteiger partial charge in [0.25, 0.3) is 0 Å². The maximum absolute atomic E-state index is 10.2. The lowest BCUT2D eigenvalue weighted by Gasteiger charge is -2.22. The quantitative estimate of drug-likeness (QED) is 0.580. The Hall–Kier alpha value is -1.60. The molecule has 27 heavy (non-hydrogen) atoms. The maximum atomic E-state index is 10.2. The highest BCUT2D eigenvalue weighted by atomic mass is 32.1. The SMILES string of the molecule is CCN(CC)C[C@@H](O)COc1cc(CNCc2ccc(C)s2)ccc1OC. The van der Waals surface area contributed by atoms with E-state index in [0.29, 0.717) is 18.0 Å². The Kier molecular flexibility index (Phi) is 9.07. The van der Waals surface area contributed by atoms with Gasteiger partial charge in [-0.2, -0.15) is 0 Å². The highest BCUT2D eigenvalue weighted by molar-refractivity contribution is 7.11. The number of ether oxygens (including phenoxy) is 2. The predicted molar refractivity (Wildman–Crippen MR) is 112 cm³/mol. The summed E-state index contributed by atoms with van der Waals surface area (Å²) in [6.45, 7) is 10.6. The normalized spacial score (nSPS) is 12.4. The molecular weight excluding hydrogens is 360 g/mol. The summed E-state index contributed by atoms with van der Waals surface area (Å²) >= 11 is 1.81. The molecule has 5 nitrogen and oxygen atoms in total. The third kappa shape index (κ3) is 7.14. The number of likely N-dealkylation sites (N-methyl/N-ethyl adjacent to an activating group) is 1. The molecule has 1 aromatic carbocycles. The van der Waals surface area contributed by atoms with E-state index in [1.165, 1.54) is 9.75 Å². The predicted octanol–water partition coefficient (Wildman–Crippen LogP) is 3.44. The van der Waals surface area contributed by atoms with Crippen LogP contribution in [0.2, 0.25) is 0 Å². The molecule has 2 aromatic rings. The molecule has 0 spiro atoms. The molecule has 150 valence electrons. The van der Waals surface area contributed by atoms with Crippen molar-refractivity contribution in [3.63, 3.8) is 0 Å². The minimum atomic E-state index is -0.529. The van der Waals surface area contributed by atoms with Gasteiger partial charge in [-0.3, -0.25) is 0 Å². The molecule has 0 saturated carbocycles. The summed E-state index contributed by atoms with van der Waals surface area (Å²) in [6, 6.07) is 10.2. The van der Waals surface area contributed by atoms with E-state index in [1.807, 2.05) is 29.5 Å². The Morgan fingerprint density at radius 3 is 2.52 bits per heavy atom. The van der Waals surface area contributed by atoms with Crippen molar-refractivity contribution in [1.82, 2.24) is 10.2 Å². The number of nitrogens with zero attached hydrogens (tertiary/aromatic N) is 1. The van der Waals surface area contributed by atoms with Gasteiger partial charge in [-0.1, -0.05) is 19.9 Å². The lowest BCUT2D eigenvalue weighted by Crippen LogP contribution is -2.35. The van der Waals surface area contributed by atoms with Crippen LogP contribution in [0.4, 0.5) is 0 Å². The first kappa shape index (κ1) is 21.7. The third-order valence-corrected chi connectivity index (χ3v) is 5.45. The van der Waals surface area contributed by atoms with E-state index in [1.54, 1.807) is 7.11 Å². The summed E-state index contributed by atoms with van der Waals surface area (Å²) in [6.07, 6.45) is -0.529. The van der Waals surface area contributed by atoms with Gasteiger partial charge in [0.1, 0.15) is 12.7 Å². The van der Waals surface area contributed by atoms with Crippen LogP contribution >= 0.6 is 11.3 Å². The van der Waals surface area contributed by atoms with Gasteiger partial charge in [-0.15, -0.1) is 11.3 Å². The second-order valence-electron chi connectivity index (χ2n) is 6.55. The van der Waals surface area contributed by atoms with Gasteiger partial charge in [0, 0.05) is 29.4 Å². The zero-order valence-corrected chi connectivity index (χ0v) is 17.6. The number of hydrogen-bond donors (Lipinski definition) is 2. The summed E-state index contributed by atoms with van der Waals surface area (Å²) in [5.41, 5.74) is 1.12. The van der Waals surface area contributed by atoms with E-state index in [2.05, 4.69) is 43.1 Å². The van der Waals surface area contributed by atoms with Gasteiger partial charge >= 0.3 is 0 Å². The van der Waals surface area contributed by atoms with Crippen LogP contribution < -0.4 is 14.8 Å². The van der Waals surface area contributed by atoms with Crippen molar-refractivity contribution in [2.45, 2.75) is 40.0 Å². The van der Waals surface area contributed by atoms with E-state index >= 15 is 0 Å². The Morgan fingerprint density at radius 2 is 1.89 bits per heavy atom. The van der Waals surface area contributed by atoms with Crippen LogP contribution in [-0.4, -0.2) is 49.5 Å². The number of nitrogens with one attached hydrogen (secondary N) is 1. The lowest BCUT2D eigenvalue weighted by atomic mass is 10.2. The van der Waals surface area contributed by atoms with Crippen LogP contribution in [0, 0.1) is 6.92 Å². The number of methoxy groups -OCH3 is 1. The topological polar surface area (TPSA) is 54.0 Å². The molecule has 0 bridgehead atoms. The van der Waals surface area contributed by atoms with Gasteiger partial charge in [0.2, 0.25) is 0 Å². The first-order chi connectivity index (χ1) is 13.0. The largest absolute Gasteiger partial charge is 0.493 e. The molecule has 0 unspecified atom stereocenters. The van der Waals surface area contributed by atoms with Crippen LogP contribution in [0.5, 0.6) is 11.5 Å². The monoisotopic (exact) mass is 392 g/mol. The number of aryl methyl sites for hydroxylation is 1. The Balaban J connectivity index is 1.89. The first-order valence-electron chi connectivity index (χ1n) is 9.51. The molecule has 6 heteroatoms. The molecular formula is C21H32N2O3S. The van der Waals surface area contributed by atoms with Crippen molar-refractivity contribution in [3.8, 4) is 11.5 Å². The molecule has 0 aliphatic heterocycles. The number of rotatable bonds is 12. The summed E-state index contributed by atoms with van der Waals surface area (Å²) in [5.74, 6) is 1.35. The summed E-state index contributed by atoms with van der Waals surface area (Å²) < 4.78 is 11.3. The summed E-state index contributed by atoms with van der Waals surface area (Å²) in [4.78, 5) is 4.84. The van der Waals surface area contributed by atoms with Crippen LogP contribution in [-0.2, 0) is 13.1 Å². The van der Waals surface area contributed by atoms with E-state index in [0.717, 1.165) is 31.7 Å². The van der Waals surface area contributed by atoms with Crippen LogP contribution in [0.1, 0.15) is 29.2 Å². The molecule has 0 aliphatic carbocycles. The molecule has 1 heterocycles. The van der Waals surface area contributed by atoms with Gasteiger partial charge in [-0.05, 0) is 49.8 Å². The minimum Gasteiger partial charge on any atom is -0.493 e. The van der Waals surface area contributed by atoms with Crippen LogP contribution in [0.3, 0.4) is 0 Å². The molecule has 0 amide bonds. The number of thiophene rings is 1. The molecule has 0 saturated heterocycles. The molecule has 2 N–H and O–H groups in total. The standard InChI is InChI=1S/C21H32N2O3S/c1-5-23(6-2)14-18(24)15-26-21-11-17(8-10-20(21)25-4)12-22-13-19-9-7-16(3)27-19/h7-11,18,22,24H,5-6,12-15H2,1-4H3/t18-/m1/s1. The van der Waals surface area contributed by atoms with Crippen LogP contribution in [0.25, 0.3) is 0 Å². The fourth-order valence-electron chi connectivity index (χ4n) is 2.87. The minimum absolute atomic E-state index is 0.248. The van der Waals surface area contributed by atoms with Crippen molar-refractivity contribution in [2.24, 2.45) is 0 Å². The zero-order valence-electron chi connectivity index (χ0n) is 16.8. The first-order valence-corrected chi connectivity index (χ1v) is 10.3. The molecule has 0 aliphatic rings. The average molecular weight is 393 g/mol. The number of aliphatic hydroxyl groups is 1. The fourth-order valence-corrected chi connectivity index (χ4v) is 3.73. The van der Waals surface area contributed by atoms with Crippen molar-refractivity contribution < 1.29 is 14.6 Å². The van der Waals surface area contributed by atoms with E-state index in [-0.39, 0.29) is 6.61 Å². The molecule has 2 rings (SSSR count). The zero-order chi connectivity index (χ0) is 19.6. The lowest BCUT2D eigenvalue weighted by molar-refractivity contribution is 0.0705. The molecule has 1 atom stereocenters. The van der Waals surface area contributed by atoms with Crippen molar-refractivity contribution in [3.05, 3.63) is 45.6 Å². The van der Waals surface area contributed by atoms with Crippen molar-refractivity contribution in [2.75, 3.05) is 33.4 Å². The van der Waals surface area contributed by atoms with Gasteiger partial charge in [0.15, 0.2) is 11.5 Å². The smallest absolute Gasteiger partial charge is 0.161 e. The van der Waals surface area contributed by atoms with Crippen LogP contribution in [0.15, 0.2) is 30.3 Å². The second-order valence-corrected chi connectivity index (χ2v) is 7.92. The van der Waals surface area contributed by atoms with E-state index < -0.39 is 6.10 Å². The van der Waals surface area contributed by atoms with E-state index in [4.69, 9.17) is 9.47 Å². The fraction of sp³-hybridized carbons (Fsp3) is 0.524. The molecule has 1 aromatic heterocycles. The van der Waals surface area contributed by atoms with Gasteiger partial charge in [0.05, 0.1) is 7.11 Å². The highest BCUT2D eigenvalue weighted by Crippen LogP contribution is 2.28. The number of benzene rings is 1. The third-order valence-electron chi connectivity index (χ3n) is 4.45. The van der Waals surface area contributed by atoms with Crippen molar-refractivity contribution >= 4 is 11.3 Å². The Labute approximate surface area is 166 Å². The summed E-state index contributed by atoms with van der Waals surface area (Å²) in [5, 5.41) is 13.7. The Morgan fingerprint density at radius 1 is 1.11 bits per heavy atom. The number of hydrogen-bond acceptors (Lipinski definition) is 6.